The first-order chi connectivity index (χ1) is 8.63. The summed E-state index contributed by atoms with van der Waals surface area (Å²) in [6.45, 7) is 4.38. The average Bonchev–Trinajstić information content (AvgIpc) is 2.77. The number of hydrogen-bond donors (Lipinski definition) is 1. The van der Waals surface area contributed by atoms with Crippen molar-refractivity contribution in [1.82, 2.24) is 9.80 Å². The molecule has 0 aromatic carbocycles. The number of aliphatic carboxylic acids is 1. The van der Waals surface area contributed by atoms with E-state index in [9.17, 15) is 9.59 Å². The van der Waals surface area contributed by atoms with E-state index in [1.165, 1.54) is 0 Å². The normalized spacial score (nSPS) is 24.5. The van der Waals surface area contributed by atoms with Crippen LogP contribution in [-0.4, -0.2) is 58.5 Å². The highest BCUT2D eigenvalue weighted by molar-refractivity contribution is 5.78. The number of likely N-dealkylation sites (tertiary alicyclic amines) is 2. The molecule has 1 unspecified atom stereocenters. The molecule has 2 heterocycles. The molecule has 102 valence electrons. The molecular weight excluding hydrogens is 232 g/mol. The second-order valence-electron chi connectivity index (χ2n) is 5.22. The number of carbonyl (C=O) groups is 2. The van der Waals surface area contributed by atoms with Gasteiger partial charge in [0.15, 0.2) is 0 Å². The van der Waals surface area contributed by atoms with Gasteiger partial charge in [0.1, 0.15) is 6.04 Å². The number of piperidine rings is 1. The van der Waals surface area contributed by atoms with Gasteiger partial charge in [0, 0.05) is 32.1 Å². The van der Waals surface area contributed by atoms with Gasteiger partial charge in [0.2, 0.25) is 5.91 Å². The van der Waals surface area contributed by atoms with Crippen LogP contribution in [0.3, 0.4) is 0 Å². The first-order valence-corrected chi connectivity index (χ1v) is 6.89. The zero-order valence-electron chi connectivity index (χ0n) is 11.0. The molecule has 2 fully saturated rings. The fourth-order valence-electron chi connectivity index (χ4n) is 3.15. The zero-order valence-corrected chi connectivity index (χ0v) is 11.0. The maximum Gasteiger partial charge on any atom is 0.320 e. The summed E-state index contributed by atoms with van der Waals surface area (Å²) in [7, 11) is 0. The lowest BCUT2D eigenvalue weighted by Crippen LogP contribution is -2.50. The molecule has 0 aromatic rings. The van der Waals surface area contributed by atoms with Gasteiger partial charge in [-0.15, -0.1) is 0 Å². The summed E-state index contributed by atoms with van der Waals surface area (Å²) >= 11 is 0. The van der Waals surface area contributed by atoms with Gasteiger partial charge in [-0.25, -0.2) is 0 Å². The Morgan fingerprint density at radius 3 is 2.50 bits per heavy atom. The van der Waals surface area contributed by atoms with Crippen LogP contribution in [0.1, 0.15) is 39.0 Å². The van der Waals surface area contributed by atoms with Gasteiger partial charge in [-0.2, -0.15) is 0 Å². The van der Waals surface area contributed by atoms with Gasteiger partial charge in [0.25, 0.3) is 0 Å². The molecule has 18 heavy (non-hydrogen) atoms. The van der Waals surface area contributed by atoms with Gasteiger partial charge < -0.3 is 10.0 Å². The Morgan fingerprint density at radius 1 is 1.39 bits per heavy atom. The Bertz CT molecular complexity index is 314. The van der Waals surface area contributed by atoms with Crippen LogP contribution in [0.2, 0.25) is 0 Å². The van der Waals surface area contributed by atoms with Crippen LogP contribution in [0, 0.1) is 0 Å². The third-order valence-corrected chi connectivity index (χ3v) is 4.16. The Morgan fingerprint density at radius 2 is 2.06 bits per heavy atom. The standard InChI is InChI=1S/C13H22N2O3/c1-2-11(13(17)18)14-8-5-10(6-9-14)15-7-3-4-12(15)16/h10-11H,2-9H2,1H3,(H,17,18). The van der Waals surface area contributed by atoms with E-state index in [2.05, 4.69) is 0 Å². The fraction of sp³-hybridized carbons (Fsp3) is 0.846. The smallest absolute Gasteiger partial charge is 0.320 e. The minimum atomic E-state index is -0.729. The number of carbonyl (C=O) groups excluding carboxylic acids is 1. The molecule has 2 saturated heterocycles. The molecule has 0 saturated carbocycles. The topological polar surface area (TPSA) is 60.9 Å². The van der Waals surface area contributed by atoms with Crippen molar-refractivity contribution in [1.29, 1.82) is 0 Å². The van der Waals surface area contributed by atoms with Gasteiger partial charge in [-0.1, -0.05) is 6.92 Å². The second-order valence-corrected chi connectivity index (χ2v) is 5.22. The van der Waals surface area contributed by atoms with Gasteiger partial charge in [-0.3, -0.25) is 14.5 Å². The Balaban J connectivity index is 1.87. The van der Waals surface area contributed by atoms with E-state index in [1.807, 2.05) is 16.7 Å². The van der Waals surface area contributed by atoms with Crippen molar-refractivity contribution in [3.63, 3.8) is 0 Å². The van der Waals surface area contributed by atoms with Crippen molar-refractivity contribution in [2.24, 2.45) is 0 Å². The third-order valence-electron chi connectivity index (χ3n) is 4.16. The van der Waals surface area contributed by atoms with E-state index in [1.54, 1.807) is 0 Å². The highest BCUT2D eigenvalue weighted by atomic mass is 16.4. The van der Waals surface area contributed by atoms with Crippen molar-refractivity contribution in [2.75, 3.05) is 19.6 Å². The van der Waals surface area contributed by atoms with E-state index in [-0.39, 0.29) is 11.9 Å². The van der Waals surface area contributed by atoms with Crippen molar-refractivity contribution in [3.8, 4) is 0 Å². The number of nitrogens with zero attached hydrogens (tertiary/aromatic N) is 2. The van der Waals surface area contributed by atoms with E-state index in [0.29, 0.717) is 18.9 Å². The molecule has 0 bridgehead atoms. The molecule has 0 radical (unpaired) electrons. The molecule has 0 aliphatic carbocycles. The molecule has 1 amide bonds. The largest absolute Gasteiger partial charge is 0.480 e. The van der Waals surface area contributed by atoms with E-state index >= 15 is 0 Å². The van der Waals surface area contributed by atoms with Crippen LogP contribution in [0.5, 0.6) is 0 Å². The quantitative estimate of drug-likeness (QED) is 0.811. The lowest BCUT2D eigenvalue weighted by Gasteiger charge is -2.38. The molecule has 0 spiro atoms. The van der Waals surface area contributed by atoms with Crippen LogP contribution >= 0.6 is 0 Å². The maximum atomic E-state index is 11.7. The Hall–Kier alpha value is -1.10. The summed E-state index contributed by atoms with van der Waals surface area (Å²) in [6, 6.07) is -0.0252. The van der Waals surface area contributed by atoms with Gasteiger partial charge >= 0.3 is 5.97 Å². The lowest BCUT2D eigenvalue weighted by molar-refractivity contribution is -0.144. The molecule has 2 aliphatic heterocycles. The Labute approximate surface area is 108 Å². The predicted octanol–water partition coefficient (Wildman–Crippen LogP) is 0.936. The molecule has 2 aliphatic rings. The molecule has 2 rings (SSSR count). The summed E-state index contributed by atoms with van der Waals surface area (Å²) in [5, 5.41) is 9.14. The number of hydrogen-bond acceptors (Lipinski definition) is 3. The number of amides is 1. The average molecular weight is 254 g/mol. The Kier molecular flexibility index (Phi) is 4.22. The first-order valence-electron chi connectivity index (χ1n) is 6.89. The van der Waals surface area contributed by atoms with Gasteiger partial charge in [-0.05, 0) is 25.7 Å². The fourth-order valence-corrected chi connectivity index (χ4v) is 3.15. The highest BCUT2D eigenvalue weighted by Crippen LogP contribution is 2.23. The van der Waals surface area contributed by atoms with Crippen LogP contribution < -0.4 is 0 Å². The molecule has 5 nitrogen and oxygen atoms in total. The maximum absolute atomic E-state index is 11.7. The van der Waals surface area contributed by atoms with E-state index < -0.39 is 5.97 Å². The van der Waals surface area contributed by atoms with Crippen molar-refractivity contribution >= 4 is 11.9 Å². The molecular formula is C13H22N2O3. The minimum Gasteiger partial charge on any atom is -0.480 e. The molecule has 1 atom stereocenters. The van der Waals surface area contributed by atoms with E-state index in [4.69, 9.17) is 5.11 Å². The summed E-state index contributed by atoms with van der Waals surface area (Å²) < 4.78 is 0. The van der Waals surface area contributed by atoms with E-state index in [0.717, 1.165) is 38.9 Å². The number of rotatable bonds is 4. The van der Waals surface area contributed by atoms with Crippen LogP contribution in [-0.2, 0) is 9.59 Å². The SMILES string of the molecule is CCC(C(=O)O)N1CCC(N2CCCC2=O)CC1. The molecule has 1 N–H and O–H groups in total. The van der Waals surface area contributed by atoms with Crippen molar-refractivity contribution < 1.29 is 14.7 Å². The monoisotopic (exact) mass is 254 g/mol. The summed E-state index contributed by atoms with van der Waals surface area (Å²) in [5.41, 5.74) is 0. The summed E-state index contributed by atoms with van der Waals surface area (Å²) in [6.07, 6.45) is 4.13. The summed E-state index contributed by atoms with van der Waals surface area (Å²) in [4.78, 5) is 26.8. The number of carboxylic acids is 1. The molecule has 5 heteroatoms. The highest BCUT2D eigenvalue weighted by Gasteiger charge is 2.33. The van der Waals surface area contributed by atoms with Crippen LogP contribution in [0.25, 0.3) is 0 Å². The minimum absolute atomic E-state index is 0.277. The zero-order chi connectivity index (χ0) is 13.1. The summed E-state index contributed by atoms with van der Waals surface area (Å²) in [5.74, 6) is -0.452. The number of carboxylic acid groups (broad SMARTS) is 1. The molecule has 0 aromatic heterocycles. The third kappa shape index (κ3) is 2.66. The van der Waals surface area contributed by atoms with Crippen molar-refractivity contribution in [2.45, 2.75) is 51.1 Å². The lowest BCUT2D eigenvalue weighted by atomic mass is 10.0. The van der Waals surface area contributed by atoms with Crippen LogP contribution in [0.4, 0.5) is 0 Å². The predicted molar refractivity (Wildman–Crippen MR) is 67.3 cm³/mol. The second kappa shape index (κ2) is 5.69. The first kappa shape index (κ1) is 13.3. The van der Waals surface area contributed by atoms with Crippen LogP contribution in [0.15, 0.2) is 0 Å². The van der Waals surface area contributed by atoms with Gasteiger partial charge in [0.05, 0.1) is 0 Å². The van der Waals surface area contributed by atoms with Crippen molar-refractivity contribution in [3.05, 3.63) is 0 Å².